The number of alkyl carbamates (subject to hydrolysis) is 1. The molecule has 4 rings (SSSR count). The van der Waals surface area contributed by atoms with Crippen molar-refractivity contribution in [2.24, 2.45) is 0 Å². The van der Waals surface area contributed by atoms with Crippen molar-refractivity contribution in [2.75, 3.05) is 5.32 Å². The molecule has 0 spiro atoms. The Morgan fingerprint density at radius 1 is 1.34 bits per heavy atom. The summed E-state index contributed by atoms with van der Waals surface area (Å²) in [5.74, 6) is 0.476. The van der Waals surface area contributed by atoms with E-state index in [1.54, 1.807) is 18.3 Å². The van der Waals surface area contributed by atoms with Gasteiger partial charge in [-0.25, -0.2) is 4.79 Å². The minimum absolute atomic E-state index is 0.0772. The lowest BCUT2D eigenvalue weighted by atomic mass is 10.0. The summed E-state index contributed by atoms with van der Waals surface area (Å²) in [6, 6.07) is 5.16. The Kier molecular flexibility index (Phi) is 5.45. The Bertz CT molecular complexity index is 911. The molecule has 0 bridgehead atoms. The molecule has 29 heavy (non-hydrogen) atoms. The predicted octanol–water partition coefficient (Wildman–Crippen LogP) is 3.55. The van der Waals surface area contributed by atoms with E-state index in [2.05, 4.69) is 25.8 Å². The highest BCUT2D eigenvalue weighted by atomic mass is 35.5. The van der Waals surface area contributed by atoms with Crippen LogP contribution in [0.1, 0.15) is 56.3 Å². The number of anilines is 1. The molecule has 0 aromatic carbocycles. The van der Waals surface area contributed by atoms with Crippen LogP contribution < -0.4 is 10.6 Å². The second-order valence-electron chi connectivity index (χ2n) is 8.12. The SMILES string of the molecule is CC1(NC(=O)O[C@@H]2CC[C@H](c3cc(NC(=O)Cc4cc(Cl)ccn4)n[nH]3)C2)CC1. The standard InChI is InChI=1S/C20H24ClN5O3/c1-20(5-6-20)24-19(28)29-15-3-2-12(8-15)16-11-17(26-25-16)23-18(27)10-14-9-13(21)4-7-22-14/h4,7,9,11-12,15H,2-3,5-6,8,10H2,1H3,(H,24,28)(H2,23,25,26,27)/t12-,15+/m0/s1. The minimum atomic E-state index is -0.331. The molecule has 8 nitrogen and oxygen atoms in total. The number of carbonyl (C=O) groups excluding carboxylic acids is 2. The van der Waals surface area contributed by atoms with E-state index in [-0.39, 0.29) is 36.0 Å². The van der Waals surface area contributed by atoms with Crippen LogP contribution >= 0.6 is 11.6 Å². The Morgan fingerprint density at radius 3 is 2.93 bits per heavy atom. The van der Waals surface area contributed by atoms with Crippen molar-refractivity contribution in [1.82, 2.24) is 20.5 Å². The number of rotatable bonds is 6. The molecule has 154 valence electrons. The quantitative estimate of drug-likeness (QED) is 0.665. The molecule has 0 unspecified atom stereocenters. The molecule has 0 aliphatic heterocycles. The molecule has 2 aliphatic rings. The molecule has 2 amide bonds. The number of ether oxygens (including phenoxy) is 1. The van der Waals surface area contributed by atoms with Crippen LogP contribution in [-0.4, -0.2) is 38.8 Å². The van der Waals surface area contributed by atoms with E-state index in [1.807, 2.05) is 13.0 Å². The van der Waals surface area contributed by atoms with Gasteiger partial charge in [0.2, 0.25) is 5.91 Å². The maximum Gasteiger partial charge on any atom is 0.407 e. The molecule has 0 radical (unpaired) electrons. The number of hydrogen-bond donors (Lipinski definition) is 3. The summed E-state index contributed by atoms with van der Waals surface area (Å²) in [6.07, 6.45) is 5.73. The van der Waals surface area contributed by atoms with Gasteiger partial charge < -0.3 is 15.4 Å². The van der Waals surface area contributed by atoms with Gasteiger partial charge in [-0.05, 0) is 51.2 Å². The lowest BCUT2D eigenvalue weighted by Gasteiger charge is -2.16. The molecular weight excluding hydrogens is 394 g/mol. The molecule has 3 N–H and O–H groups in total. The van der Waals surface area contributed by atoms with Crippen LogP contribution in [0.4, 0.5) is 10.6 Å². The first-order valence-electron chi connectivity index (χ1n) is 9.83. The second-order valence-corrected chi connectivity index (χ2v) is 8.56. The van der Waals surface area contributed by atoms with E-state index in [1.165, 1.54) is 0 Å². The smallest absolute Gasteiger partial charge is 0.407 e. The van der Waals surface area contributed by atoms with Crippen molar-refractivity contribution in [3.63, 3.8) is 0 Å². The maximum atomic E-state index is 12.2. The van der Waals surface area contributed by atoms with E-state index in [0.29, 0.717) is 16.5 Å². The molecule has 2 aliphatic carbocycles. The topological polar surface area (TPSA) is 109 Å². The van der Waals surface area contributed by atoms with Gasteiger partial charge in [0, 0.05) is 34.4 Å². The Hall–Kier alpha value is -2.61. The van der Waals surface area contributed by atoms with Gasteiger partial charge in [-0.15, -0.1) is 0 Å². The number of halogens is 1. The number of pyridine rings is 1. The fourth-order valence-electron chi connectivity index (χ4n) is 3.58. The summed E-state index contributed by atoms with van der Waals surface area (Å²) in [6.45, 7) is 2.02. The third kappa shape index (κ3) is 5.26. The predicted molar refractivity (Wildman–Crippen MR) is 108 cm³/mol. The zero-order valence-electron chi connectivity index (χ0n) is 16.2. The van der Waals surface area contributed by atoms with Gasteiger partial charge in [-0.2, -0.15) is 5.10 Å². The van der Waals surface area contributed by atoms with Crippen molar-refractivity contribution in [3.05, 3.63) is 40.8 Å². The highest BCUT2D eigenvalue weighted by Crippen LogP contribution is 2.37. The van der Waals surface area contributed by atoms with E-state index < -0.39 is 0 Å². The van der Waals surface area contributed by atoms with Crippen LogP contribution in [0.3, 0.4) is 0 Å². The van der Waals surface area contributed by atoms with E-state index in [4.69, 9.17) is 16.3 Å². The van der Waals surface area contributed by atoms with Crippen molar-refractivity contribution >= 4 is 29.4 Å². The zero-order chi connectivity index (χ0) is 20.4. The summed E-state index contributed by atoms with van der Waals surface area (Å²) >= 11 is 5.92. The fraction of sp³-hybridized carbons (Fsp3) is 0.500. The zero-order valence-corrected chi connectivity index (χ0v) is 17.0. The molecule has 0 saturated heterocycles. The number of nitrogens with one attached hydrogen (secondary N) is 3. The molecule has 9 heteroatoms. The Labute approximate surface area is 173 Å². The lowest BCUT2D eigenvalue weighted by Crippen LogP contribution is -2.36. The number of amides is 2. The van der Waals surface area contributed by atoms with Gasteiger partial charge in [-0.3, -0.25) is 14.9 Å². The molecule has 2 aromatic heterocycles. The van der Waals surface area contributed by atoms with Crippen molar-refractivity contribution in [2.45, 2.75) is 63.0 Å². The van der Waals surface area contributed by atoms with Crippen molar-refractivity contribution in [1.29, 1.82) is 0 Å². The molecule has 2 saturated carbocycles. The van der Waals surface area contributed by atoms with Crippen molar-refractivity contribution < 1.29 is 14.3 Å². The first-order valence-corrected chi connectivity index (χ1v) is 10.2. The summed E-state index contributed by atoms with van der Waals surface area (Å²) < 4.78 is 5.55. The van der Waals surface area contributed by atoms with Crippen LogP contribution in [0.2, 0.25) is 5.02 Å². The third-order valence-electron chi connectivity index (χ3n) is 5.49. The Morgan fingerprint density at radius 2 is 2.17 bits per heavy atom. The maximum absolute atomic E-state index is 12.2. The summed E-state index contributed by atoms with van der Waals surface area (Å²) in [7, 11) is 0. The minimum Gasteiger partial charge on any atom is -0.446 e. The second kappa shape index (κ2) is 8.02. The van der Waals surface area contributed by atoms with Gasteiger partial charge in [0.1, 0.15) is 6.10 Å². The summed E-state index contributed by atoms with van der Waals surface area (Å²) in [4.78, 5) is 28.3. The number of aromatic amines is 1. The van der Waals surface area contributed by atoms with E-state index in [9.17, 15) is 9.59 Å². The normalized spacial score (nSPS) is 22.1. The van der Waals surface area contributed by atoms with Crippen LogP contribution in [0.15, 0.2) is 24.4 Å². The van der Waals surface area contributed by atoms with Gasteiger partial charge in [0.05, 0.1) is 12.1 Å². The van der Waals surface area contributed by atoms with Crippen LogP contribution in [-0.2, 0) is 16.0 Å². The highest BCUT2D eigenvalue weighted by molar-refractivity contribution is 6.30. The number of H-pyrrole nitrogens is 1. The lowest BCUT2D eigenvalue weighted by molar-refractivity contribution is -0.115. The number of hydrogen-bond acceptors (Lipinski definition) is 5. The Balaban J connectivity index is 1.26. The third-order valence-corrected chi connectivity index (χ3v) is 5.72. The molecule has 2 aromatic rings. The fourth-order valence-corrected chi connectivity index (χ4v) is 3.76. The molecule has 2 atom stereocenters. The first-order chi connectivity index (χ1) is 13.9. The van der Waals surface area contributed by atoms with Gasteiger partial charge in [0.15, 0.2) is 5.82 Å². The van der Waals surface area contributed by atoms with E-state index in [0.717, 1.165) is 37.8 Å². The first kappa shape index (κ1) is 19.7. The van der Waals surface area contributed by atoms with Gasteiger partial charge in [0.25, 0.3) is 0 Å². The van der Waals surface area contributed by atoms with Gasteiger partial charge >= 0.3 is 6.09 Å². The average Bonchev–Trinajstić information content (AvgIpc) is 3.05. The van der Waals surface area contributed by atoms with Crippen LogP contribution in [0.25, 0.3) is 0 Å². The van der Waals surface area contributed by atoms with E-state index >= 15 is 0 Å². The summed E-state index contributed by atoms with van der Waals surface area (Å²) in [5.41, 5.74) is 1.45. The van der Waals surface area contributed by atoms with Gasteiger partial charge in [-0.1, -0.05) is 11.6 Å². The number of nitrogens with zero attached hydrogens (tertiary/aromatic N) is 2. The average molecular weight is 418 g/mol. The highest BCUT2D eigenvalue weighted by Gasteiger charge is 2.40. The number of aromatic nitrogens is 3. The van der Waals surface area contributed by atoms with Crippen LogP contribution in [0.5, 0.6) is 0 Å². The molecule has 2 heterocycles. The molecular formula is C20H24ClN5O3. The number of carbonyl (C=O) groups is 2. The monoisotopic (exact) mass is 417 g/mol. The summed E-state index contributed by atoms with van der Waals surface area (Å²) in [5, 5.41) is 13.4. The largest absolute Gasteiger partial charge is 0.446 e. The van der Waals surface area contributed by atoms with Crippen molar-refractivity contribution in [3.8, 4) is 0 Å². The molecule has 2 fully saturated rings. The van der Waals surface area contributed by atoms with Crippen LogP contribution in [0, 0.1) is 0 Å².